The molecule has 0 radical (unpaired) electrons. The van der Waals surface area contributed by atoms with Crippen LogP contribution in [0.2, 0.25) is 5.02 Å². The molecule has 2 aromatic carbocycles. The molecule has 4 rings (SSSR count). The fourth-order valence-electron chi connectivity index (χ4n) is 4.07. The number of benzene rings is 2. The summed E-state index contributed by atoms with van der Waals surface area (Å²) in [5, 5.41) is 16.1. The number of amides is 2. The quantitative estimate of drug-likeness (QED) is 0.525. The third-order valence-corrected chi connectivity index (χ3v) is 6.02. The van der Waals surface area contributed by atoms with Crippen LogP contribution in [0, 0.1) is 0 Å². The van der Waals surface area contributed by atoms with Gasteiger partial charge in [0.1, 0.15) is 0 Å². The summed E-state index contributed by atoms with van der Waals surface area (Å²) < 4.78 is 0. The summed E-state index contributed by atoms with van der Waals surface area (Å²) in [4.78, 5) is 28.1. The number of aromatic nitrogens is 4. The number of nitrogens with zero attached hydrogens (tertiary/aromatic N) is 5. The van der Waals surface area contributed by atoms with Crippen LogP contribution in [0.4, 0.5) is 5.69 Å². The van der Waals surface area contributed by atoms with Gasteiger partial charge in [-0.1, -0.05) is 30.7 Å². The number of primary amides is 1. The molecule has 172 valence electrons. The molecule has 33 heavy (non-hydrogen) atoms. The lowest BCUT2D eigenvalue weighted by atomic mass is 10.1. The number of carbonyl (C=O) groups is 2. The van der Waals surface area contributed by atoms with E-state index in [9.17, 15) is 9.59 Å². The van der Waals surface area contributed by atoms with E-state index in [4.69, 9.17) is 17.3 Å². The Labute approximate surface area is 196 Å². The molecule has 1 aliphatic heterocycles. The monoisotopic (exact) mass is 467 g/mol. The lowest BCUT2D eigenvalue weighted by Gasteiger charge is -2.22. The molecule has 2 heterocycles. The van der Waals surface area contributed by atoms with Crippen molar-refractivity contribution < 1.29 is 9.59 Å². The number of likely N-dealkylation sites (tertiary alicyclic amines) is 1. The van der Waals surface area contributed by atoms with Gasteiger partial charge in [0, 0.05) is 22.8 Å². The molecular formula is C23H26ClN7O2. The minimum absolute atomic E-state index is 0.231. The van der Waals surface area contributed by atoms with Gasteiger partial charge in [-0.3, -0.25) is 14.5 Å². The molecule has 3 N–H and O–H groups in total. The largest absolute Gasteiger partial charge is 0.368 e. The minimum Gasteiger partial charge on any atom is -0.368 e. The third-order valence-electron chi connectivity index (χ3n) is 5.77. The van der Waals surface area contributed by atoms with Crippen LogP contribution in [0.3, 0.4) is 0 Å². The second-order valence-corrected chi connectivity index (χ2v) is 8.52. The predicted molar refractivity (Wildman–Crippen MR) is 125 cm³/mol. The zero-order valence-corrected chi connectivity index (χ0v) is 19.1. The van der Waals surface area contributed by atoms with Gasteiger partial charge in [-0.25, -0.2) is 0 Å². The van der Waals surface area contributed by atoms with Gasteiger partial charge in [-0.15, -0.1) is 10.2 Å². The molecule has 9 nitrogen and oxygen atoms in total. The lowest BCUT2D eigenvalue weighted by Crippen LogP contribution is -2.39. The molecule has 2 amide bonds. The van der Waals surface area contributed by atoms with Crippen molar-refractivity contribution in [2.75, 3.05) is 11.9 Å². The molecular weight excluding hydrogens is 442 g/mol. The van der Waals surface area contributed by atoms with E-state index >= 15 is 0 Å². The molecule has 3 aromatic rings. The Morgan fingerprint density at radius 1 is 1.24 bits per heavy atom. The Kier molecular flexibility index (Phi) is 7.00. The van der Waals surface area contributed by atoms with Gasteiger partial charge in [0.15, 0.2) is 6.04 Å². The van der Waals surface area contributed by atoms with Gasteiger partial charge in [-0.05, 0) is 73.0 Å². The van der Waals surface area contributed by atoms with Crippen molar-refractivity contribution in [2.24, 2.45) is 5.73 Å². The van der Waals surface area contributed by atoms with Gasteiger partial charge < -0.3 is 11.1 Å². The highest BCUT2D eigenvalue weighted by Gasteiger charge is 2.29. The minimum atomic E-state index is -0.611. The Balaban J connectivity index is 1.44. The summed E-state index contributed by atoms with van der Waals surface area (Å²) in [6.07, 6.45) is 2.23. The fraction of sp³-hybridized carbons (Fsp3) is 0.348. The van der Waals surface area contributed by atoms with Crippen LogP contribution in [-0.2, 0) is 16.1 Å². The average Bonchev–Trinajstić information content (AvgIpc) is 3.45. The molecule has 2 atom stereocenters. The van der Waals surface area contributed by atoms with Gasteiger partial charge in [-0.2, -0.15) is 4.80 Å². The predicted octanol–water partition coefficient (Wildman–Crippen LogP) is 3.03. The first-order valence-corrected chi connectivity index (χ1v) is 11.3. The van der Waals surface area contributed by atoms with Crippen LogP contribution in [0.1, 0.15) is 37.8 Å². The molecule has 1 saturated heterocycles. The van der Waals surface area contributed by atoms with Crippen molar-refractivity contribution in [2.45, 2.75) is 44.8 Å². The first-order valence-electron chi connectivity index (χ1n) is 10.9. The number of hydrogen-bond donors (Lipinski definition) is 2. The number of rotatable bonds is 8. The van der Waals surface area contributed by atoms with Crippen LogP contribution in [0.15, 0.2) is 48.5 Å². The topological polar surface area (TPSA) is 119 Å². The summed E-state index contributed by atoms with van der Waals surface area (Å²) in [6, 6.07) is 13.9. The number of nitrogens with two attached hydrogens (primary N) is 1. The summed E-state index contributed by atoms with van der Waals surface area (Å²) in [5.74, 6) is -0.0959. The molecule has 1 fully saturated rings. The summed E-state index contributed by atoms with van der Waals surface area (Å²) in [7, 11) is 0. The summed E-state index contributed by atoms with van der Waals surface area (Å²) in [6.45, 7) is 3.32. The Morgan fingerprint density at radius 2 is 2.03 bits per heavy atom. The van der Waals surface area contributed by atoms with Crippen molar-refractivity contribution in [3.63, 3.8) is 0 Å². The average molecular weight is 468 g/mol. The number of tetrazole rings is 1. The molecule has 1 aromatic heterocycles. The van der Waals surface area contributed by atoms with E-state index < -0.39 is 6.04 Å². The van der Waals surface area contributed by atoms with E-state index in [2.05, 4.69) is 25.6 Å². The lowest BCUT2D eigenvalue weighted by molar-refractivity contribution is -0.122. The van der Waals surface area contributed by atoms with Gasteiger partial charge in [0.25, 0.3) is 5.91 Å². The van der Waals surface area contributed by atoms with Crippen LogP contribution in [-0.4, -0.2) is 49.5 Å². The number of nitrogens with one attached hydrogen (secondary N) is 1. The van der Waals surface area contributed by atoms with Crippen LogP contribution in [0.25, 0.3) is 11.4 Å². The molecule has 2 unspecified atom stereocenters. The standard InChI is InChI=1S/C23H26ClN7O2/c1-2-19(31-28-22(27-29-31)16-8-10-17(24)11-9-16)23(33)26-18-6-3-5-15(13-18)14-30-12-4-7-20(30)21(25)32/h3,5-6,8-11,13,19-20H,2,4,7,12,14H2,1H3,(H2,25,32)(H,26,33). The Morgan fingerprint density at radius 3 is 2.76 bits per heavy atom. The third kappa shape index (κ3) is 5.37. The second-order valence-electron chi connectivity index (χ2n) is 8.08. The molecule has 0 spiro atoms. The van der Waals surface area contributed by atoms with E-state index in [0.717, 1.165) is 30.5 Å². The van der Waals surface area contributed by atoms with Crippen molar-refractivity contribution in [3.8, 4) is 11.4 Å². The van der Waals surface area contributed by atoms with Gasteiger partial charge in [0.2, 0.25) is 11.7 Å². The number of halogens is 1. The maximum Gasteiger partial charge on any atom is 0.251 e. The number of hydrogen-bond acceptors (Lipinski definition) is 6. The normalized spacial score (nSPS) is 17.1. The maximum absolute atomic E-state index is 13.0. The first-order chi connectivity index (χ1) is 15.9. The van der Waals surface area contributed by atoms with Crippen LogP contribution in [0.5, 0.6) is 0 Å². The Bertz CT molecular complexity index is 1130. The van der Waals surface area contributed by atoms with E-state index in [1.165, 1.54) is 4.80 Å². The van der Waals surface area contributed by atoms with E-state index in [1.807, 2.05) is 31.2 Å². The van der Waals surface area contributed by atoms with Gasteiger partial charge >= 0.3 is 0 Å². The number of carbonyl (C=O) groups excluding carboxylic acids is 2. The molecule has 0 aliphatic carbocycles. The maximum atomic E-state index is 13.0. The summed E-state index contributed by atoms with van der Waals surface area (Å²) >= 11 is 5.94. The molecule has 0 bridgehead atoms. The fourth-order valence-corrected chi connectivity index (χ4v) is 4.20. The number of anilines is 1. The molecule has 0 saturated carbocycles. The smallest absolute Gasteiger partial charge is 0.251 e. The SMILES string of the molecule is CCC(C(=O)Nc1cccc(CN2CCCC2C(N)=O)c1)n1nnc(-c2ccc(Cl)cc2)n1. The van der Waals surface area contributed by atoms with Crippen molar-refractivity contribution >= 4 is 29.1 Å². The highest BCUT2D eigenvalue weighted by molar-refractivity contribution is 6.30. The van der Waals surface area contributed by atoms with Gasteiger partial charge in [0.05, 0.1) is 6.04 Å². The highest BCUT2D eigenvalue weighted by Crippen LogP contribution is 2.23. The highest BCUT2D eigenvalue weighted by atomic mass is 35.5. The zero-order chi connectivity index (χ0) is 23.4. The van der Waals surface area contributed by atoms with E-state index in [1.54, 1.807) is 24.3 Å². The van der Waals surface area contributed by atoms with Crippen molar-refractivity contribution in [1.82, 2.24) is 25.1 Å². The zero-order valence-electron chi connectivity index (χ0n) is 18.3. The second kappa shape index (κ2) is 10.1. The van der Waals surface area contributed by atoms with Crippen LogP contribution >= 0.6 is 11.6 Å². The summed E-state index contributed by atoms with van der Waals surface area (Å²) in [5.41, 5.74) is 7.96. The van der Waals surface area contributed by atoms with Crippen molar-refractivity contribution in [3.05, 3.63) is 59.1 Å². The van der Waals surface area contributed by atoms with Crippen molar-refractivity contribution in [1.29, 1.82) is 0 Å². The molecule has 10 heteroatoms. The van der Waals surface area contributed by atoms with E-state index in [0.29, 0.717) is 29.5 Å². The molecule has 1 aliphatic rings. The van der Waals surface area contributed by atoms with E-state index in [-0.39, 0.29) is 17.9 Å². The first kappa shape index (κ1) is 22.9. The van der Waals surface area contributed by atoms with Crippen LogP contribution < -0.4 is 11.1 Å². The Hall–Kier alpha value is -3.30.